The third-order valence-corrected chi connectivity index (χ3v) is 6.40. The molecule has 1 aliphatic heterocycles. The lowest BCUT2D eigenvalue weighted by atomic mass is 10.2. The van der Waals surface area contributed by atoms with Gasteiger partial charge in [-0.1, -0.05) is 6.07 Å². The summed E-state index contributed by atoms with van der Waals surface area (Å²) in [5.74, 6) is -0.979. The van der Waals surface area contributed by atoms with Crippen LogP contribution in [0.5, 0.6) is 0 Å². The third kappa shape index (κ3) is 5.51. The number of sulfonamides is 1. The van der Waals surface area contributed by atoms with E-state index in [9.17, 15) is 22.8 Å². The molecule has 2 aromatic rings. The van der Waals surface area contributed by atoms with Gasteiger partial charge in [-0.25, -0.2) is 17.9 Å². The van der Waals surface area contributed by atoms with Gasteiger partial charge in [0, 0.05) is 37.8 Å². The van der Waals surface area contributed by atoms with Crippen LogP contribution in [0.3, 0.4) is 0 Å². The van der Waals surface area contributed by atoms with Crippen molar-refractivity contribution in [3.8, 4) is 0 Å². The van der Waals surface area contributed by atoms with E-state index >= 15 is 0 Å². The largest absolute Gasteiger partial charge is 0.462 e. The fourth-order valence-electron chi connectivity index (χ4n) is 3.42. The van der Waals surface area contributed by atoms with Crippen molar-refractivity contribution in [2.75, 3.05) is 29.9 Å². The molecule has 2 aromatic carbocycles. The first-order valence-electron chi connectivity index (χ1n) is 10.2. The van der Waals surface area contributed by atoms with E-state index < -0.39 is 21.9 Å². The number of hydrogen-bond acceptors (Lipinski definition) is 6. The van der Waals surface area contributed by atoms with Crippen LogP contribution in [0.4, 0.5) is 11.4 Å². The minimum absolute atomic E-state index is 0.0868. The van der Waals surface area contributed by atoms with E-state index in [1.807, 2.05) is 0 Å². The highest BCUT2D eigenvalue weighted by atomic mass is 32.2. The van der Waals surface area contributed by atoms with Gasteiger partial charge in [0.1, 0.15) is 0 Å². The highest BCUT2D eigenvalue weighted by Gasteiger charge is 2.24. The zero-order valence-corrected chi connectivity index (χ0v) is 18.7. The molecule has 0 atom stereocenters. The first kappa shape index (κ1) is 23.4. The normalized spacial score (nSPS) is 12.9. The van der Waals surface area contributed by atoms with Crippen LogP contribution in [-0.2, 0) is 30.8 Å². The number of carbonyl (C=O) groups excluding carboxylic acids is 3. The van der Waals surface area contributed by atoms with Crippen LogP contribution in [-0.4, -0.2) is 45.9 Å². The zero-order chi connectivity index (χ0) is 23.3. The highest BCUT2D eigenvalue weighted by molar-refractivity contribution is 7.89. The number of esters is 1. The Kier molecular flexibility index (Phi) is 7.26. The van der Waals surface area contributed by atoms with Gasteiger partial charge in [-0.3, -0.25) is 9.59 Å². The van der Waals surface area contributed by atoms with Gasteiger partial charge in [0.05, 0.1) is 17.1 Å². The van der Waals surface area contributed by atoms with Gasteiger partial charge >= 0.3 is 5.97 Å². The summed E-state index contributed by atoms with van der Waals surface area (Å²) in [6.45, 7) is 3.85. The average Bonchev–Trinajstić information content (AvgIpc) is 3.17. The van der Waals surface area contributed by atoms with Crippen LogP contribution in [0.25, 0.3) is 0 Å². The molecule has 0 unspecified atom stereocenters. The fourth-order valence-corrected chi connectivity index (χ4v) is 4.50. The quantitative estimate of drug-likeness (QED) is 0.583. The summed E-state index contributed by atoms with van der Waals surface area (Å²) < 4.78 is 32.5. The van der Waals surface area contributed by atoms with E-state index in [-0.39, 0.29) is 30.4 Å². The van der Waals surface area contributed by atoms with Crippen LogP contribution >= 0.6 is 0 Å². The summed E-state index contributed by atoms with van der Waals surface area (Å²) in [4.78, 5) is 37.3. The minimum Gasteiger partial charge on any atom is -0.462 e. The lowest BCUT2D eigenvalue weighted by Gasteiger charge is -2.15. The smallest absolute Gasteiger partial charge is 0.338 e. The molecule has 2 amide bonds. The molecular formula is C22H25N3O6S. The molecule has 2 N–H and O–H groups in total. The van der Waals surface area contributed by atoms with Gasteiger partial charge < -0.3 is 15.0 Å². The standard InChI is InChI=1S/C22H25N3O6S/c1-3-31-22(28)17-5-4-6-18(13-17)24-21(27)9-11-23-32(29,30)19-7-8-20-16(14-19)10-12-25(20)15(2)26/h4-8,13-14,23H,3,9-12H2,1-2H3,(H,24,27). The third-order valence-electron chi connectivity index (χ3n) is 4.94. The van der Waals surface area contributed by atoms with E-state index in [1.165, 1.54) is 19.1 Å². The van der Waals surface area contributed by atoms with Crippen molar-refractivity contribution >= 4 is 39.2 Å². The van der Waals surface area contributed by atoms with Gasteiger partial charge in [0.2, 0.25) is 21.8 Å². The molecule has 0 aromatic heterocycles. The van der Waals surface area contributed by atoms with Gasteiger partial charge in [0.25, 0.3) is 0 Å². The zero-order valence-electron chi connectivity index (χ0n) is 17.9. The van der Waals surface area contributed by atoms with Crippen molar-refractivity contribution in [1.29, 1.82) is 0 Å². The summed E-state index contributed by atoms with van der Waals surface area (Å²) >= 11 is 0. The fraction of sp³-hybridized carbons (Fsp3) is 0.318. The molecule has 1 aliphatic rings. The van der Waals surface area contributed by atoms with E-state index in [0.29, 0.717) is 24.2 Å². The van der Waals surface area contributed by atoms with Crippen LogP contribution in [0.15, 0.2) is 47.4 Å². The Hall–Kier alpha value is -3.24. The number of anilines is 2. The first-order chi connectivity index (χ1) is 15.2. The Morgan fingerprint density at radius 3 is 2.62 bits per heavy atom. The van der Waals surface area contributed by atoms with E-state index in [2.05, 4.69) is 10.0 Å². The van der Waals surface area contributed by atoms with Crippen LogP contribution < -0.4 is 14.9 Å². The van der Waals surface area contributed by atoms with Crippen LogP contribution in [0, 0.1) is 0 Å². The summed E-state index contributed by atoms with van der Waals surface area (Å²) in [6.07, 6.45) is 0.497. The molecule has 9 nitrogen and oxygen atoms in total. The second-order valence-corrected chi connectivity index (χ2v) is 8.98. The number of nitrogens with zero attached hydrogens (tertiary/aromatic N) is 1. The van der Waals surface area contributed by atoms with Crippen molar-refractivity contribution < 1.29 is 27.5 Å². The minimum atomic E-state index is -3.81. The predicted molar refractivity (Wildman–Crippen MR) is 119 cm³/mol. The Balaban J connectivity index is 1.56. The van der Waals surface area contributed by atoms with E-state index in [4.69, 9.17) is 4.74 Å². The number of benzene rings is 2. The second kappa shape index (κ2) is 9.92. The number of nitrogens with one attached hydrogen (secondary N) is 2. The number of fused-ring (bicyclic) bond motifs is 1. The average molecular weight is 460 g/mol. The Morgan fingerprint density at radius 1 is 1.12 bits per heavy atom. The topological polar surface area (TPSA) is 122 Å². The molecule has 0 spiro atoms. The number of ether oxygens (including phenoxy) is 1. The monoisotopic (exact) mass is 459 g/mol. The SMILES string of the molecule is CCOC(=O)c1cccc(NC(=O)CCNS(=O)(=O)c2ccc3c(c2)CCN3C(C)=O)c1. The van der Waals surface area contributed by atoms with Crippen molar-refractivity contribution in [2.24, 2.45) is 0 Å². The van der Waals surface area contributed by atoms with Crippen molar-refractivity contribution in [1.82, 2.24) is 4.72 Å². The van der Waals surface area contributed by atoms with Crippen molar-refractivity contribution in [3.05, 3.63) is 53.6 Å². The summed E-state index contributed by atoms with van der Waals surface area (Å²) in [7, 11) is -3.81. The number of hydrogen-bond donors (Lipinski definition) is 2. The molecule has 10 heteroatoms. The van der Waals surface area contributed by atoms with E-state index in [1.54, 1.807) is 42.2 Å². The van der Waals surface area contributed by atoms with Crippen LogP contribution in [0.2, 0.25) is 0 Å². The van der Waals surface area contributed by atoms with Gasteiger partial charge in [-0.05, 0) is 55.3 Å². The molecule has 0 radical (unpaired) electrons. The maximum Gasteiger partial charge on any atom is 0.338 e. The Morgan fingerprint density at radius 2 is 1.91 bits per heavy atom. The second-order valence-electron chi connectivity index (χ2n) is 7.21. The maximum atomic E-state index is 12.6. The lowest BCUT2D eigenvalue weighted by molar-refractivity contribution is -0.117. The van der Waals surface area contributed by atoms with Crippen LogP contribution in [0.1, 0.15) is 36.2 Å². The predicted octanol–water partition coefficient (Wildman–Crippen LogP) is 2.08. The Labute approximate surface area is 186 Å². The molecule has 0 saturated heterocycles. The summed E-state index contributed by atoms with van der Waals surface area (Å²) in [6, 6.07) is 10.9. The summed E-state index contributed by atoms with van der Waals surface area (Å²) in [5.41, 5.74) is 2.24. The molecule has 170 valence electrons. The number of carbonyl (C=O) groups is 3. The summed E-state index contributed by atoms with van der Waals surface area (Å²) in [5, 5.41) is 2.64. The maximum absolute atomic E-state index is 12.6. The van der Waals surface area contributed by atoms with Gasteiger partial charge in [-0.2, -0.15) is 0 Å². The van der Waals surface area contributed by atoms with Crippen molar-refractivity contribution in [3.63, 3.8) is 0 Å². The molecular weight excluding hydrogens is 434 g/mol. The number of rotatable bonds is 8. The van der Waals surface area contributed by atoms with Gasteiger partial charge in [0.15, 0.2) is 0 Å². The molecule has 0 saturated carbocycles. The Bertz CT molecular complexity index is 1150. The number of amides is 2. The molecule has 1 heterocycles. The molecule has 32 heavy (non-hydrogen) atoms. The van der Waals surface area contributed by atoms with Crippen molar-refractivity contribution in [2.45, 2.75) is 31.6 Å². The molecule has 0 aliphatic carbocycles. The molecule has 0 bridgehead atoms. The first-order valence-corrected chi connectivity index (χ1v) is 11.7. The van der Waals surface area contributed by atoms with E-state index in [0.717, 1.165) is 11.3 Å². The lowest BCUT2D eigenvalue weighted by Crippen LogP contribution is -2.28. The molecule has 0 fully saturated rings. The molecule has 3 rings (SSSR count). The van der Waals surface area contributed by atoms with Gasteiger partial charge in [-0.15, -0.1) is 0 Å². The highest BCUT2D eigenvalue weighted by Crippen LogP contribution is 2.30.